The fourth-order valence-corrected chi connectivity index (χ4v) is 4.66. The smallest absolute Gasteiger partial charge is 0.294 e. The van der Waals surface area contributed by atoms with E-state index in [1.807, 2.05) is 0 Å². The third kappa shape index (κ3) is 5.28. The predicted molar refractivity (Wildman–Crippen MR) is 136 cm³/mol. The first-order chi connectivity index (χ1) is 17.5. The van der Waals surface area contributed by atoms with E-state index < -0.39 is 11.9 Å². The van der Waals surface area contributed by atoms with Gasteiger partial charge in [0.25, 0.3) is 5.91 Å². The van der Waals surface area contributed by atoms with Crippen LogP contribution in [0, 0.1) is 0 Å². The van der Waals surface area contributed by atoms with Gasteiger partial charge in [0.15, 0.2) is 17.3 Å². The van der Waals surface area contributed by atoms with Crippen molar-refractivity contribution < 1.29 is 28.2 Å². The Bertz CT molecular complexity index is 1160. The molecule has 2 amide bonds. The van der Waals surface area contributed by atoms with Gasteiger partial charge < -0.3 is 23.9 Å². The number of hydrogen-bond acceptors (Lipinski definition) is 6. The average Bonchev–Trinajstić information content (AvgIpc) is 3.61. The first-order valence-electron chi connectivity index (χ1n) is 11.7. The summed E-state index contributed by atoms with van der Waals surface area (Å²) in [5.74, 6) is 0.401. The van der Waals surface area contributed by atoms with Crippen LogP contribution in [0.5, 0.6) is 17.2 Å². The number of ether oxygens (including phenoxy) is 3. The molecule has 3 aromatic rings. The minimum absolute atomic E-state index is 0.0350. The van der Waals surface area contributed by atoms with Crippen LogP contribution in [0.1, 0.15) is 47.8 Å². The molecule has 1 saturated carbocycles. The van der Waals surface area contributed by atoms with E-state index in [-0.39, 0.29) is 17.7 Å². The molecule has 1 aliphatic rings. The topological polar surface area (TPSA) is 90.2 Å². The van der Waals surface area contributed by atoms with Crippen LogP contribution >= 0.6 is 11.6 Å². The van der Waals surface area contributed by atoms with Gasteiger partial charge in [-0.3, -0.25) is 14.5 Å². The highest BCUT2D eigenvalue weighted by Crippen LogP contribution is 2.42. The number of hydrogen-bond donors (Lipinski definition) is 1. The number of benzene rings is 2. The number of nitrogens with one attached hydrogen (secondary N) is 1. The van der Waals surface area contributed by atoms with Gasteiger partial charge in [0.05, 0.1) is 27.6 Å². The Kier molecular flexibility index (Phi) is 8.05. The summed E-state index contributed by atoms with van der Waals surface area (Å²) in [6.45, 7) is 0. The maximum absolute atomic E-state index is 13.9. The highest BCUT2D eigenvalue weighted by atomic mass is 35.5. The van der Waals surface area contributed by atoms with Crippen LogP contribution in [0.2, 0.25) is 5.02 Å². The molecule has 1 fully saturated rings. The molecular weight excluding hydrogens is 484 g/mol. The van der Waals surface area contributed by atoms with Gasteiger partial charge in [-0.15, -0.1) is 0 Å². The Labute approximate surface area is 215 Å². The third-order valence-corrected chi connectivity index (χ3v) is 6.52. The zero-order valence-electron chi connectivity index (χ0n) is 20.5. The molecule has 9 heteroatoms. The van der Waals surface area contributed by atoms with E-state index in [0.29, 0.717) is 33.5 Å². The van der Waals surface area contributed by atoms with E-state index in [1.54, 1.807) is 48.5 Å². The Morgan fingerprint density at radius 2 is 1.64 bits per heavy atom. The van der Waals surface area contributed by atoms with Gasteiger partial charge in [-0.1, -0.05) is 24.4 Å². The minimum Gasteiger partial charge on any atom is -0.493 e. The van der Waals surface area contributed by atoms with Crippen LogP contribution in [-0.2, 0) is 4.79 Å². The van der Waals surface area contributed by atoms with Crippen LogP contribution in [-0.4, -0.2) is 39.2 Å². The minimum atomic E-state index is -1.07. The summed E-state index contributed by atoms with van der Waals surface area (Å²) in [5, 5.41) is 3.64. The van der Waals surface area contributed by atoms with Crippen LogP contribution < -0.4 is 24.4 Å². The molecule has 0 saturated heterocycles. The zero-order chi connectivity index (χ0) is 25.7. The quantitative estimate of drug-likeness (QED) is 0.412. The predicted octanol–water partition coefficient (Wildman–Crippen LogP) is 5.41. The Morgan fingerprint density at radius 3 is 2.17 bits per heavy atom. The molecule has 1 aliphatic carbocycles. The molecular formula is C27H29ClN2O6. The highest BCUT2D eigenvalue weighted by Gasteiger charge is 2.37. The van der Waals surface area contributed by atoms with E-state index in [9.17, 15) is 9.59 Å². The van der Waals surface area contributed by atoms with Crippen molar-refractivity contribution in [1.29, 1.82) is 0 Å². The number of carbonyl (C=O) groups excluding carboxylic acids is 2. The van der Waals surface area contributed by atoms with Gasteiger partial charge in [-0.05, 0) is 66.9 Å². The van der Waals surface area contributed by atoms with E-state index in [1.165, 1.54) is 32.5 Å². The van der Waals surface area contributed by atoms with E-state index >= 15 is 0 Å². The Balaban J connectivity index is 1.89. The number of nitrogens with zero attached hydrogens (tertiary/aromatic N) is 1. The molecule has 0 radical (unpaired) electrons. The maximum Gasteiger partial charge on any atom is 0.294 e. The van der Waals surface area contributed by atoms with Crippen LogP contribution in [0.15, 0.2) is 59.2 Å². The molecule has 1 unspecified atom stereocenters. The number of furan rings is 1. The fourth-order valence-electron chi connectivity index (χ4n) is 4.53. The number of amides is 2. The van der Waals surface area contributed by atoms with Gasteiger partial charge in [-0.2, -0.15) is 0 Å². The normalized spacial score (nSPS) is 14.2. The SMILES string of the molecule is COc1cc(C(C(=O)NC2CCCC2)N(C(=O)c2ccco2)c2ccc(Cl)cc2)cc(OC)c1OC. The Morgan fingerprint density at radius 1 is 1.00 bits per heavy atom. The van der Waals surface area contributed by atoms with Crippen LogP contribution in [0.4, 0.5) is 5.69 Å². The summed E-state index contributed by atoms with van der Waals surface area (Å²) in [6, 6.07) is 12.2. The lowest BCUT2D eigenvalue weighted by atomic mass is 10.0. The zero-order valence-corrected chi connectivity index (χ0v) is 21.2. The standard InChI is InChI=1S/C27H29ClN2O6/c1-33-22-15-17(16-23(34-2)25(22)35-3)24(26(31)29-19-7-4-5-8-19)30(20-12-10-18(28)11-13-20)27(32)21-9-6-14-36-21/h6,9-16,19,24H,4-5,7-8H2,1-3H3,(H,29,31). The van der Waals surface area contributed by atoms with Crippen molar-refractivity contribution in [3.05, 3.63) is 71.1 Å². The molecule has 8 nitrogen and oxygen atoms in total. The van der Waals surface area contributed by atoms with Crippen molar-refractivity contribution in [2.45, 2.75) is 37.8 Å². The lowest BCUT2D eigenvalue weighted by molar-refractivity contribution is -0.123. The second kappa shape index (κ2) is 11.4. The summed E-state index contributed by atoms with van der Waals surface area (Å²) in [6.07, 6.45) is 5.29. The van der Waals surface area contributed by atoms with E-state index in [2.05, 4.69) is 5.32 Å². The lowest BCUT2D eigenvalue weighted by Crippen LogP contribution is -2.46. The summed E-state index contributed by atoms with van der Waals surface area (Å²) in [5.41, 5.74) is 0.955. The van der Waals surface area contributed by atoms with Crippen molar-refractivity contribution in [3.8, 4) is 17.2 Å². The molecule has 1 aromatic heterocycles. The van der Waals surface area contributed by atoms with Crippen molar-refractivity contribution in [1.82, 2.24) is 5.32 Å². The molecule has 4 rings (SSSR count). The van der Waals surface area contributed by atoms with Crippen LogP contribution in [0.25, 0.3) is 0 Å². The molecule has 1 N–H and O–H groups in total. The van der Waals surface area contributed by atoms with Crippen LogP contribution in [0.3, 0.4) is 0 Å². The number of methoxy groups -OCH3 is 3. The number of anilines is 1. The number of carbonyl (C=O) groups is 2. The molecule has 0 aliphatic heterocycles. The van der Waals surface area contributed by atoms with Gasteiger partial charge in [0.2, 0.25) is 11.7 Å². The molecule has 2 aromatic carbocycles. The van der Waals surface area contributed by atoms with Crippen molar-refractivity contribution in [2.24, 2.45) is 0 Å². The van der Waals surface area contributed by atoms with Gasteiger partial charge >= 0.3 is 0 Å². The number of halogens is 1. The third-order valence-electron chi connectivity index (χ3n) is 6.27. The summed E-state index contributed by atoms with van der Waals surface area (Å²) in [4.78, 5) is 29.1. The first kappa shape index (κ1) is 25.4. The van der Waals surface area contributed by atoms with Gasteiger partial charge in [0.1, 0.15) is 6.04 Å². The molecule has 190 valence electrons. The first-order valence-corrected chi connectivity index (χ1v) is 12.1. The monoisotopic (exact) mass is 512 g/mol. The van der Waals surface area contributed by atoms with Gasteiger partial charge in [-0.25, -0.2) is 0 Å². The summed E-state index contributed by atoms with van der Waals surface area (Å²) >= 11 is 6.13. The molecule has 0 bridgehead atoms. The summed E-state index contributed by atoms with van der Waals surface area (Å²) in [7, 11) is 4.50. The van der Waals surface area contributed by atoms with Crippen molar-refractivity contribution in [2.75, 3.05) is 26.2 Å². The lowest BCUT2D eigenvalue weighted by Gasteiger charge is -2.32. The Hall–Kier alpha value is -3.65. The second-order valence-corrected chi connectivity index (χ2v) is 8.92. The molecule has 36 heavy (non-hydrogen) atoms. The maximum atomic E-state index is 13.9. The van der Waals surface area contributed by atoms with E-state index in [4.69, 9.17) is 30.2 Å². The van der Waals surface area contributed by atoms with Crippen molar-refractivity contribution in [3.63, 3.8) is 0 Å². The van der Waals surface area contributed by atoms with E-state index in [0.717, 1.165) is 25.7 Å². The van der Waals surface area contributed by atoms with Gasteiger partial charge in [0, 0.05) is 16.8 Å². The largest absolute Gasteiger partial charge is 0.493 e. The molecule has 1 atom stereocenters. The molecule has 0 spiro atoms. The fraction of sp³-hybridized carbons (Fsp3) is 0.333. The molecule has 1 heterocycles. The average molecular weight is 513 g/mol. The van der Waals surface area contributed by atoms with Crippen molar-refractivity contribution >= 4 is 29.1 Å². The summed E-state index contributed by atoms with van der Waals surface area (Å²) < 4.78 is 22.0. The number of rotatable bonds is 9. The highest BCUT2D eigenvalue weighted by molar-refractivity contribution is 6.30. The second-order valence-electron chi connectivity index (χ2n) is 8.48.